The molecule has 2 aromatic heterocycles. The van der Waals surface area contributed by atoms with Crippen LogP contribution in [-0.2, 0) is 6.42 Å². The molecule has 3 nitrogen and oxygen atoms in total. The molecule has 3 heteroatoms. The lowest BCUT2D eigenvalue weighted by Crippen LogP contribution is -1.88. The van der Waals surface area contributed by atoms with Crippen LogP contribution in [0.4, 0.5) is 0 Å². The van der Waals surface area contributed by atoms with E-state index in [0.717, 1.165) is 30.3 Å². The fourth-order valence-corrected chi connectivity index (χ4v) is 1.58. The standard InChI is InChI=1S/C11H14N2O/c14-7-2-1-5-10-8-9-4-3-6-12-11(9)13-10/h3-4,6,8,14H,1-2,5,7H2,(H,12,13). The number of aliphatic hydroxyl groups excluding tert-OH is 1. The number of aliphatic hydroxyl groups is 1. The van der Waals surface area contributed by atoms with Crippen LogP contribution in [0.2, 0.25) is 0 Å². The first-order valence-corrected chi connectivity index (χ1v) is 4.93. The van der Waals surface area contributed by atoms with Gasteiger partial charge in [0.2, 0.25) is 0 Å². The second-order valence-electron chi connectivity index (χ2n) is 3.42. The van der Waals surface area contributed by atoms with Crippen LogP contribution in [0.5, 0.6) is 0 Å². The van der Waals surface area contributed by atoms with Crippen molar-refractivity contribution in [1.29, 1.82) is 0 Å². The molecule has 74 valence electrons. The van der Waals surface area contributed by atoms with Crippen molar-refractivity contribution in [3.63, 3.8) is 0 Å². The molecular weight excluding hydrogens is 176 g/mol. The number of rotatable bonds is 4. The third kappa shape index (κ3) is 1.93. The van der Waals surface area contributed by atoms with E-state index in [1.54, 1.807) is 6.20 Å². The van der Waals surface area contributed by atoms with Gasteiger partial charge in [-0.3, -0.25) is 0 Å². The van der Waals surface area contributed by atoms with Crippen molar-refractivity contribution in [3.05, 3.63) is 30.1 Å². The molecule has 0 aliphatic rings. The van der Waals surface area contributed by atoms with E-state index in [9.17, 15) is 0 Å². The largest absolute Gasteiger partial charge is 0.396 e. The number of aromatic nitrogens is 2. The molecule has 0 amide bonds. The van der Waals surface area contributed by atoms with Gasteiger partial charge < -0.3 is 10.1 Å². The third-order valence-electron chi connectivity index (χ3n) is 2.30. The van der Waals surface area contributed by atoms with Gasteiger partial charge in [0.25, 0.3) is 0 Å². The van der Waals surface area contributed by atoms with Crippen molar-refractivity contribution in [2.45, 2.75) is 19.3 Å². The molecule has 0 aliphatic carbocycles. The van der Waals surface area contributed by atoms with Gasteiger partial charge in [0.05, 0.1) is 0 Å². The molecule has 0 bridgehead atoms. The first-order chi connectivity index (χ1) is 6.90. The number of aromatic amines is 1. The quantitative estimate of drug-likeness (QED) is 0.723. The van der Waals surface area contributed by atoms with E-state index >= 15 is 0 Å². The Bertz CT molecular complexity index is 375. The zero-order valence-electron chi connectivity index (χ0n) is 8.03. The van der Waals surface area contributed by atoms with Gasteiger partial charge in [-0.05, 0) is 37.5 Å². The number of hydrogen-bond acceptors (Lipinski definition) is 2. The zero-order valence-corrected chi connectivity index (χ0v) is 8.03. The smallest absolute Gasteiger partial charge is 0.137 e. The summed E-state index contributed by atoms with van der Waals surface area (Å²) in [5.41, 5.74) is 2.15. The number of pyridine rings is 1. The number of nitrogens with zero attached hydrogens (tertiary/aromatic N) is 1. The lowest BCUT2D eigenvalue weighted by molar-refractivity contribution is 0.284. The molecule has 0 unspecified atom stereocenters. The van der Waals surface area contributed by atoms with Crippen LogP contribution < -0.4 is 0 Å². The maximum absolute atomic E-state index is 8.66. The minimum Gasteiger partial charge on any atom is -0.396 e. The highest BCUT2D eigenvalue weighted by atomic mass is 16.2. The van der Waals surface area contributed by atoms with Crippen LogP contribution in [0, 0.1) is 0 Å². The summed E-state index contributed by atoms with van der Waals surface area (Å²) in [6.07, 6.45) is 4.65. The molecule has 0 saturated heterocycles. The van der Waals surface area contributed by atoms with E-state index < -0.39 is 0 Å². The fourth-order valence-electron chi connectivity index (χ4n) is 1.58. The topological polar surface area (TPSA) is 48.9 Å². The van der Waals surface area contributed by atoms with E-state index in [1.165, 1.54) is 5.69 Å². The van der Waals surface area contributed by atoms with Crippen molar-refractivity contribution in [2.24, 2.45) is 0 Å². The Morgan fingerprint density at radius 3 is 3.07 bits per heavy atom. The number of nitrogens with one attached hydrogen (secondary N) is 1. The van der Waals surface area contributed by atoms with Crippen LogP contribution in [0.3, 0.4) is 0 Å². The minimum absolute atomic E-state index is 0.276. The Morgan fingerprint density at radius 1 is 1.36 bits per heavy atom. The van der Waals surface area contributed by atoms with E-state index in [-0.39, 0.29) is 6.61 Å². The Balaban J connectivity index is 2.11. The summed E-state index contributed by atoms with van der Waals surface area (Å²) in [7, 11) is 0. The van der Waals surface area contributed by atoms with Gasteiger partial charge in [-0.1, -0.05) is 0 Å². The van der Waals surface area contributed by atoms with Crippen LogP contribution in [-0.4, -0.2) is 21.7 Å². The second kappa shape index (κ2) is 4.24. The molecule has 0 aliphatic heterocycles. The molecule has 0 saturated carbocycles. The van der Waals surface area contributed by atoms with Gasteiger partial charge in [0.15, 0.2) is 0 Å². The summed E-state index contributed by atoms with van der Waals surface area (Å²) < 4.78 is 0. The monoisotopic (exact) mass is 190 g/mol. The minimum atomic E-state index is 0.276. The first kappa shape index (κ1) is 9.21. The van der Waals surface area contributed by atoms with Crippen molar-refractivity contribution in [1.82, 2.24) is 9.97 Å². The Morgan fingerprint density at radius 2 is 2.29 bits per heavy atom. The van der Waals surface area contributed by atoms with Crippen LogP contribution in [0.25, 0.3) is 11.0 Å². The van der Waals surface area contributed by atoms with Gasteiger partial charge in [0.1, 0.15) is 5.65 Å². The highest BCUT2D eigenvalue weighted by Gasteiger charge is 1.99. The van der Waals surface area contributed by atoms with E-state index in [1.807, 2.05) is 12.1 Å². The summed E-state index contributed by atoms with van der Waals surface area (Å²) in [6, 6.07) is 6.11. The summed E-state index contributed by atoms with van der Waals surface area (Å²) >= 11 is 0. The summed E-state index contributed by atoms with van der Waals surface area (Å²) in [4.78, 5) is 7.49. The van der Waals surface area contributed by atoms with E-state index in [0.29, 0.717) is 0 Å². The van der Waals surface area contributed by atoms with E-state index in [2.05, 4.69) is 16.0 Å². The van der Waals surface area contributed by atoms with Crippen molar-refractivity contribution in [2.75, 3.05) is 6.61 Å². The Labute approximate surface area is 82.8 Å². The van der Waals surface area contributed by atoms with Crippen LogP contribution in [0.1, 0.15) is 18.5 Å². The maximum atomic E-state index is 8.66. The molecule has 2 aromatic rings. The van der Waals surface area contributed by atoms with Gasteiger partial charge in [-0.15, -0.1) is 0 Å². The lowest BCUT2D eigenvalue weighted by atomic mass is 10.2. The number of hydrogen-bond donors (Lipinski definition) is 2. The number of unbranched alkanes of at least 4 members (excludes halogenated alkanes) is 1. The summed E-state index contributed by atoms with van der Waals surface area (Å²) in [5.74, 6) is 0. The number of H-pyrrole nitrogens is 1. The number of aryl methyl sites for hydroxylation is 1. The molecule has 2 rings (SSSR count). The normalized spacial score (nSPS) is 10.9. The summed E-state index contributed by atoms with van der Waals surface area (Å²) in [6.45, 7) is 0.276. The molecule has 0 spiro atoms. The Hall–Kier alpha value is -1.35. The molecule has 2 N–H and O–H groups in total. The summed E-state index contributed by atoms with van der Waals surface area (Å²) in [5, 5.41) is 9.82. The zero-order chi connectivity index (χ0) is 9.80. The predicted octanol–water partition coefficient (Wildman–Crippen LogP) is 1.88. The maximum Gasteiger partial charge on any atom is 0.137 e. The average molecular weight is 190 g/mol. The van der Waals surface area contributed by atoms with Crippen molar-refractivity contribution < 1.29 is 5.11 Å². The van der Waals surface area contributed by atoms with Gasteiger partial charge in [-0.2, -0.15) is 0 Å². The Kier molecular flexibility index (Phi) is 2.79. The molecule has 0 fully saturated rings. The SMILES string of the molecule is OCCCCc1cc2cccnc2[nH]1. The third-order valence-corrected chi connectivity index (χ3v) is 2.30. The van der Waals surface area contributed by atoms with Gasteiger partial charge in [0, 0.05) is 23.9 Å². The highest BCUT2D eigenvalue weighted by Crippen LogP contribution is 2.13. The van der Waals surface area contributed by atoms with E-state index in [4.69, 9.17) is 5.11 Å². The molecule has 14 heavy (non-hydrogen) atoms. The fraction of sp³-hybridized carbons (Fsp3) is 0.364. The molecular formula is C11H14N2O. The lowest BCUT2D eigenvalue weighted by Gasteiger charge is -1.94. The highest BCUT2D eigenvalue weighted by molar-refractivity contribution is 5.76. The number of fused-ring (bicyclic) bond motifs is 1. The van der Waals surface area contributed by atoms with Crippen LogP contribution >= 0.6 is 0 Å². The van der Waals surface area contributed by atoms with Gasteiger partial charge >= 0.3 is 0 Å². The van der Waals surface area contributed by atoms with Crippen LogP contribution in [0.15, 0.2) is 24.4 Å². The van der Waals surface area contributed by atoms with Gasteiger partial charge in [-0.25, -0.2) is 4.98 Å². The average Bonchev–Trinajstić information content (AvgIpc) is 2.60. The first-order valence-electron chi connectivity index (χ1n) is 4.93. The van der Waals surface area contributed by atoms with Crippen molar-refractivity contribution >= 4 is 11.0 Å². The molecule has 0 atom stereocenters. The second-order valence-corrected chi connectivity index (χ2v) is 3.42. The van der Waals surface area contributed by atoms with Crippen molar-refractivity contribution in [3.8, 4) is 0 Å². The molecule has 2 heterocycles. The molecule has 0 aromatic carbocycles. The predicted molar refractivity (Wildman–Crippen MR) is 56.1 cm³/mol. The molecule has 0 radical (unpaired) electrons.